The van der Waals surface area contributed by atoms with Crippen molar-refractivity contribution in [2.24, 2.45) is 0 Å². The second kappa shape index (κ2) is 7.14. The number of aromatic nitrogens is 1. The molecular formula is C24H24BrNSi. The molecule has 1 heterocycles. The molecule has 0 saturated heterocycles. The highest BCUT2D eigenvalue weighted by Crippen LogP contribution is 2.28. The Balaban J connectivity index is 1.96. The van der Waals surface area contributed by atoms with Gasteiger partial charge in [-0.2, -0.15) is 0 Å². The molecule has 136 valence electrons. The Hall–Kier alpha value is -2.10. The average molecular weight is 434 g/mol. The minimum Gasteiger partial charge on any atom is -0.331 e. The molecule has 0 radical (unpaired) electrons. The van der Waals surface area contributed by atoms with Crippen molar-refractivity contribution in [3.8, 4) is 0 Å². The smallest absolute Gasteiger partial charge is 0.116 e. The van der Waals surface area contributed by atoms with E-state index in [1.165, 1.54) is 37.0 Å². The minimum atomic E-state index is -1.85. The quantitative estimate of drug-likeness (QED) is 0.370. The van der Waals surface area contributed by atoms with Crippen LogP contribution in [0.1, 0.15) is 11.1 Å². The third-order valence-electron chi connectivity index (χ3n) is 5.46. The van der Waals surface area contributed by atoms with Crippen molar-refractivity contribution >= 4 is 45.3 Å². The molecule has 4 aromatic rings. The second-order valence-corrected chi connectivity index (χ2v) is 12.8. The molecule has 27 heavy (non-hydrogen) atoms. The van der Waals surface area contributed by atoms with E-state index in [1.54, 1.807) is 0 Å². The zero-order valence-electron chi connectivity index (χ0n) is 16.0. The van der Waals surface area contributed by atoms with Crippen molar-refractivity contribution in [2.75, 3.05) is 0 Å². The van der Waals surface area contributed by atoms with Gasteiger partial charge in [0.1, 0.15) is 8.07 Å². The number of benzene rings is 3. The number of halogens is 1. The summed E-state index contributed by atoms with van der Waals surface area (Å²) in [5.74, 6) is 0. The van der Waals surface area contributed by atoms with Gasteiger partial charge < -0.3 is 4.57 Å². The molecule has 0 bridgehead atoms. The maximum Gasteiger partial charge on any atom is 0.116 e. The lowest BCUT2D eigenvalue weighted by atomic mass is 10.2. The first-order valence-corrected chi connectivity index (χ1v) is 13.2. The van der Waals surface area contributed by atoms with Gasteiger partial charge in [0.2, 0.25) is 0 Å². The predicted octanol–water partition coefficient (Wildman–Crippen LogP) is 5.58. The summed E-state index contributed by atoms with van der Waals surface area (Å²) in [6.07, 6.45) is 0. The van der Waals surface area contributed by atoms with Crippen LogP contribution in [-0.4, -0.2) is 12.6 Å². The number of nitrogens with zero attached hydrogens (tertiary/aromatic N) is 1. The van der Waals surface area contributed by atoms with Crippen LogP contribution in [0.4, 0.5) is 0 Å². The van der Waals surface area contributed by atoms with Gasteiger partial charge in [-0.1, -0.05) is 90.6 Å². The summed E-state index contributed by atoms with van der Waals surface area (Å²) in [5, 5.41) is 4.34. The van der Waals surface area contributed by atoms with Gasteiger partial charge in [-0.05, 0) is 45.7 Å². The Morgan fingerprint density at radius 3 is 2.15 bits per heavy atom. The molecule has 0 spiro atoms. The Kier molecular flexibility index (Phi) is 4.83. The minimum absolute atomic E-state index is 0.875. The molecule has 3 aromatic carbocycles. The summed E-state index contributed by atoms with van der Waals surface area (Å²) in [7, 11) is -1.85. The summed E-state index contributed by atoms with van der Waals surface area (Å²) < 4.78 is 3.66. The Morgan fingerprint density at radius 1 is 0.852 bits per heavy atom. The number of hydrogen-bond donors (Lipinski definition) is 0. The van der Waals surface area contributed by atoms with E-state index in [0.717, 1.165) is 6.54 Å². The van der Waals surface area contributed by atoms with Crippen LogP contribution in [0.5, 0.6) is 0 Å². The van der Waals surface area contributed by atoms with Gasteiger partial charge in [-0.25, -0.2) is 0 Å². The molecule has 1 nitrogen and oxygen atoms in total. The zero-order chi connectivity index (χ0) is 19.0. The fraction of sp³-hybridized carbons (Fsp3) is 0.167. The summed E-state index contributed by atoms with van der Waals surface area (Å²) in [6, 6.07) is 28.5. The lowest BCUT2D eigenvalue weighted by Crippen LogP contribution is -2.53. The van der Waals surface area contributed by atoms with Gasteiger partial charge in [0.15, 0.2) is 0 Å². The molecule has 0 aliphatic carbocycles. The van der Waals surface area contributed by atoms with E-state index in [2.05, 4.69) is 119 Å². The molecule has 3 heteroatoms. The third kappa shape index (κ3) is 3.30. The van der Waals surface area contributed by atoms with Gasteiger partial charge in [0.05, 0.1) is 4.60 Å². The van der Waals surface area contributed by atoms with E-state index >= 15 is 0 Å². The third-order valence-corrected chi connectivity index (χ3v) is 10.2. The van der Waals surface area contributed by atoms with E-state index in [-0.39, 0.29) is 0 Å². The van der Waals surface area contributed by atoms with Crippen molar-refractivity contribution in [2.45, 2.75) is 26.6 Å². The van der Waals surface area contributed by atoms with E-state index in [9.17, 15) is 0 Å². The molecule has 0 N–H and O–H groups in total. The topological polar surface area (TPSA) is 4.93 Å². The molecule has 0 atom stereocenters. The van der Waals surface area contributed by atoms with Crippen molar-refractivity contribution in [3.63, 3.8) is 0 Å². The maximum absolute atomic E-state index is 4.01. The molecule has 0 amide bonds. The lowest BCUT2D eigenvalue weighted by molar-refractivity contribution is 0.819. The average Bonchev–Trinajstić information content (AvgIpc) is 2.95. The first-order valence-electron chi connectivity index (χ1n) is 9.37. The van der Waals surface area contributed by atoms with Crippen LogP contribution in [0.3, 0.4) is 0 Å². The van der Waals surface area contributed by atoms with Crippen molar-refractivity contribution in [1.29, 1.82) is 0 Å². The molecule has 0 aliphatic rings. The zero-order valence-corrected chi connectivity index (χ0v) is 18.6. The highest BCUT2D eigenvalue weighted by molar-refractivity contribution is 9.10. The largest absolute Gasteiger partial charge is 0.331 e. The molecule has 0 unspecified atom stereocenters. The summed E-state index contributed by atoms with van der Waals surface area (Å²) in [4.78, 5) is 0. The van der Waals surface area contributed by atoms with Crippen molar-refractivity contribution in [3.05, 3.63) is 94.6 Å². The Bertz CT molecular complexity index is 1080. The number of aryl methyl sites for hydroxylation is 1. The molecule has 0 fully saturated rings. The number of hydrogen-bond acceptors (Lipinski definition) is 0. The molecule has 0 saturated carbocycles. The van der Waals surface area contributed by atoms with Gasteiger partial charge in [-0.15, -0.1) is 0 Å². The van der Waals surface area contributed by atoms with Crippen molar-refractivity contribution < 1.29 is 0 Å². The van der Waals surface area contributed by atoms with Crippen LogP contribution >= 0.6 is 15.9 Å². The van der Waals surface area contributed by atoms with Gasteiger partial charge >= 0.3 is 0 Å². The van der Waals surface area contributed by atoms with Gasteiger partial charge in [0, 0.05) is 17.4 Å². The maximum atomic E-state index is 4.01. The monoisotopic (exact) mass is 433 g/mol. The van der Waals surface area contributed by atoms with Crippen LogP contribution in [0.2, 0.25) is 13.1 Å². The molecule has 1 aromatic heterocycles. The van der Waals surface area contributed by atoms with Crippen LogP contribution < -0.4 is 10.4 Å². The predicted molar refractivity (Wildman–Crippen MR) is 123 cm³/mol. The normalized spacial score (nSPS) is 11.9. The summed E-state index contributed by atoms with van der Waals surface area (Å²) >= 11 is 4.01. The van der Waals surface area contributed by atoms with Crippen LogP contribution in [0.15, 0.2) is 83.5 Å². The van der Waals surface area contributed by atoms with Crippen molar-refractivity contribution in [1.82, 2.24) is 4.57 Å². The van der Waals surface area contributed by atoms with E-state index in [1.807, 2.05) is 0 Å². The molecule has 4 rings (SSSR count). The van der Waals surface area contributed by atoms with E-state index in [4.69, 9.17) is 0 Å². The highest BCUT2D eigenvalue weighted by Gasteiger charge is 2.32. The lowest BCUT2D eigenvalue weighted by Gasteiger charge is -2.24. The van der Waals surface area contributed by atoms with E-state index < -0.39 is 8.07 Å². The first-order chi connectivity index (χ1) is 13.0. The molecular weight excluding hydrogens is 410 g/mol. The standard InChI is InChI=1S/C24H24BrNSi/c1-18-14-15-22-21(16-18)23(27(2,3)20-12-8-5-9-13-20)24(25)26(22)17-19-10-6-4-7-11-19/h4-16H,17H2,1-3H3. The van der Waals surface area contributed by atoms with Crippen LogP contribution in [0, 0.1) is 6.92 Å². The first kappa shape index (κ1) is 18.3. The Labute approximate surface area is 170 Å². The van der Waals surface area contributed by atoms with Gasteiger partial charge in [-0.3, -0.25) is 0 Å². The number of rotatable bonds is 4. The number of fused-ring (bicyclic) bond motifs is 1. The highest BCUT2D eigenvalue weighted by atomic mass is 79.9. The van der Waals surface area contributed by atoms with Crippen LogP contribution in [0.25, 0.3) is 10.9 Å². The summed E-state index contributed by atoms with van der Waals surface area (Å²) in [5.41, 5.74) is 3.94. The second-order valence-electron chi connectivity index (χ2n) is 7.75. The fourth-order valence-electron chi connectivity index (χ4n) is 3.95. The Morgan fingerprint density at radius 2 is 1.48 bits per heavy atom. The van der Waals surface area contributed by atoms with E-state index in [0.29, 0.717) is 0 Å². The van der Waals surface area contributed by atoms with Gasteiger partial charge in [0.25, 0.3) is 0 Å². The molecule has 0 aliphatic heterocycles. The fourth-order valence-corrected chi connectivity index (χ4v) is 8.81. The SMILES string of the molecule is Cc1ccc2c(c1)c([Si](C)(C)c1ccccc1)c(Br)n2Cc1ccccc1. The van der Waals surface area contributed by atoms with Crippen LogP contribution in [-0.2, 0) is 6.54 Å². The summed E-state index contributed by atoms with van der Waals surface area (Å²) in [6.45, 7) is 7.97.